The van der Waals surface area contributed by atoms with Crippen LogP contribution in [0.25, 0.3) is 0 Å². The molecule has 0 bridgehead atoms. The second kappa shape index (κ2) is 13.7. The molecule has 0 saturated heterocycles. The maximum atomic E-state index is 12.1. The van der Waals surface area contributed by atoms with Crippen LogP contribution in [-0.2, 0) is 16.2 Å². The summed E-state index contributed by atoms with van der Waals surface area (Å²) in [5, 5.41) is 7.27. The summed E-state index contributed by atoms with van der Waals surface area (Å²) < 4.78 is 12.6. The standard InChI is InChI=1S/C27H27BrClN3O4/c1-3-35-25-14-20(7-11-24(25)36-17-19-5-8-21(28)9-6-19)16-30-32-27(34)13-12-26(33)31-22-10-4-18(2)23(29)15-22/h4-11,14-16H,3,12-13,17H2,1-2H3,(H,31,33)(H,32,34). The van der Waals surface area contributed by atoms with E-state index in [0.717, 1.165) is 21.2 Å². The molecule has 0 atom stereocenters. The Balaban J connectivity index is 1.48. The van der Waals surface area contributed by atoms with Gasteiger partial charge in [0.1, 0.15) is 6.61 Å². The first-order chi connectivity index (χ1) is 17.3. The highest BCUT2D eigenvalue weighted by molar-refractivity contribution is 9.10. The number of anilines is 1. The molecule has 0 aliphatic heterocycles. The number of hydrazone groups is 1. The predicted octanol–water partition coefficient (Wildman–Crippen LogP) is 6.26. The summed E-state index contributed by atoms with van der Waals surface area (Å²) in [6, 6.07) is 18.5. The third-order valence-electron chi connectivity index (χ3n) is 5.01. The van der Waals surface area contributed by atoms with Gasteiger partial charge in [0, 0.05) is 28.0 Å². The molecule has 0 aliphatic carbocycles. The fourth-order valence-corrected chi connectivity index (χ4v) is 3.53. The van der Waals surface area contributed by atoms with Crippen molar-refractivity contribution in [1.29, 1.82) is 0 Å². The summed E-state index contributed by atoms with van der Waals surface area (Å²) in [6.07, 6.45) is 1.52. The topological polar surface area (TPSA) is 89.0 Å². The van der Waals surface area contributed by atoms with Crippen LogP contribution in [0.5, 0.6) is 11.5 Å². The van der Waals surface area contributed by atoms with Crippen LogP contribution in [0.1, 0.15) is 36.5 Å². The van der Waals surface area contributed by atoms with Crippen molar-refractivity contribution in [2.75, 3.05) is 11.9 Å². The van der Waals surface area contributed by atoms with Crippen LogP contribution in [0, 0.1) is 6.92 Å². The molecule has 0 spiro atoms. The Labute approximate surface area is 224 Å². The minimum atomic E-state index is -0.372. The van der Waals surface area contributed by atoms with Crippen LogP contribution in [0.15, 0.2) is 70.2 Å². The highest BCUT2D eigenvalue weighted by Crippen LogP contribution is 2.29. The molecule has 36 heavy (non-hydrogen) atoms. The number of amides is 2. The summed E-state index contributed by atoms with van der Waals surface area (Å²) in [5.74, 6) is 0.538. The van der Waals surface area contributed by atoms with E-state index in [1.165, 1.54) is 6.21 Å². The van der Waals surface area contributed by atoms with E-state index in [4.69, 9.17) is 21.1 Å². The van der Waals surface area contributed by atoms with Gasteiger partial charge in [-0.05, 0) is 73.0 Å². The van der Waals surface area contributed by atoms with Gasteiger partial charge in [0.25, 0.3) is 0 Å². The van der Waals surface area contributed by atoms with Crippen molar-refractivity contribution >= 4 is 51.2 Å². The lowest BCUT2D eigenvalue weighted by atomic mass is 10.2. The molecular weight excluding hydrogens is 546 g/mol. The Bertz CT molecular complexity index is 1230. The third kappa shape index (κ3) is 8.70. The number of ether oxygens (including phenoxy) is 2. The third-order valence-corrected chi connectivity index (χ3v) is 5.95. The van der Waals surface area contributed by atoms with Crippen molar-refractivity contribution in [3.8, 4) is 11.5 Å². The monoisotopic (exact) mass is 571 g/mol. The number of aryl methyl sites for hydroxylation is 1. The lowest BCUT2D eigenvalue weighted by Crippen LogP contribution is -2.20. The van der Waals surface area contributed by atoms with E-state index >= 15 is 0 Å². The van der Waals surface area contributed by atoms with E-state index in [2.05, 4.69) is 31.8 Å². The van der Waals surface area contributed by atoms with Gasteiger partial charge in [-0.1, -0.05) is 45.7 Å². The van der Waals surface area contributed by atoms with Gasteiger partial charge in [-0.2, -0.15) is 5.10 Å². The zero-order chi connectivity index (χ0) is 25.9. The van der Waals surface area contributed by atoms with Crippen molar-refractivity contribution in [2.45, 2.75) is 33.3 Å². The molecule has 0 unspecified atom stereocenters. The minimum absolute atomic E-state index is 0.00417. The Hall–Kier alpha value is -3.36. The van der Waals surface area contributed by atoms with Crippen molar-refractivity contribution in [3.63, 3.8) is 0 Å². The summed E-state index contributed by atoms with van der Waals surface area (Å²) >= 11 is 9.49. The number of carbonyl (C=O) groups is 2. The Morgan fingerprint density at radius 2 is 1.72 bits per heavy atom. The van der Waals surface area contributed by atoms with Gasteiger partial charge in [0.2, 0.25) is 11.8 Å². The highest BCUT2D eigenvalue weighted by Gasteiger charge is 2.09. The Morgan fingerprint density at radius 3 is 2.44 bits per heavy atom. The maximum absolute atomic E-state index is 12.1. The Kier molecular flexibility index (Phi) is 10.3. The highest BCUT2D eigenvalue weighted by atomic mass is 79.9. The lowest BCUT2D eigenvalue weighted by Gasteiger charge is -2.12. The van der Waals surface area contributed by atoms with Crippen molar-refractivity contribution in [2.24, 2.45) is 5.10 Å². The number of hydrogen-bond donors (Lipinski definition) is 2. The molecule has 0 heterocycles. The van der Waals surface area contributed by atoms with Gasteiger partial charge in [0.05, 0.1) is 12.8 Å². The molecule has 0 aromatic heterocycles. The first kappa shape index (κ1) is 27.2. The lowest BCUT2D eigenvalue weighted by molar-refractivity contribution is -0.124. The molecule has 3 aromatic carbocycles. The van der Waals surface area contributed by atoms with E-state index in [1.807, 2.05) is 50.2 Å². The first-order valence-electron chi connectivity index (χ1n) is 11.4. The van der Waals surface area contributed by atoms with Crippen LogP contribution in [0.2, 0.25) is 5.02 Å². The quantitative estimate of drug-likeness (QED) is 0.210. The predicted molar refractivity (Wildman–Crippen MR) is 146 cm³/mol. The zero-order valence-electron chi connectivity index (χ0n) is 20.0. The van der Waals surface area contributed by atoms with Crippen LogP contribution in [0.3, 0.4) is 0 Å². The van der Waals surface area contributed by atoms with Crippen molar-refractivity contribution in [3.05, 3.63) is 86.8 Å². The summed E-state index contributed by atoms with van der Waals surface area (Å²) in [5.41, 5.74) is 5.70. The van der Waals surface area contributed by atoms with E-state index < -0.39 is 0 Å². The number of hydrogen-bond acceptors (Lipinski definition) is 5. The molecule has 188 valence electrons. The molecule has 3 aromatic rings. The molecule has 7 nitrogen and oxygen atoms in total. The van der Waals surface area contributed by atoms with E-state index in [1.54, 1.807) is 24.3 Å². The van der Waals surface area contributed by atoms with Gasteiger partial charge in [0.15, 0.2) is 11.5 Å². The summed E-state index contributed by atoms with van der Waals surface area (Å²) in [6.45, 7) is 4.65. The van der Waals surface area contributed by atoms with Gasteiger partial charge in [-0.25, -0.2) is 5.43 Å². The number of carbonyl (C=O) groups excluding carboxylic acids is 2. The number of rotatable bonds is 11. The average Bonchev–Trinajstić information content (AvgIpc) is 2.86. The zero-order valence-corrected chi connectivity index (χ0v) is 22.4. The second-order valence-corrected chi connectivity index (χ2v) is 9.18. The molecule has 3 rings (SSSR count). The van der Waals surface area contributed by atoms with E-state index in [0.29, 0.717) is 35.4 Å². The number of benzene rings is 3. The molecule has 2 N–H and O–H groups in total. The first-order valence-corrected chi connectivity index (χ1v) is 12.5. The second-order valence-electron chi connectivity index (χ2n) is 7.86. The molecule has 0 fully saturated rings. The van der Waals surface area contributed by atoms with Crippen LogP contribution in [0.4, 0.5) is 5.69 Å². The number of halogens is 2. The molecule has 9 heteroatoms. The SMILES string of the molecule is CCOc1cc(C=NNC(=O)CCC(=O)Nc2ccc(C)c(Cl)c2)ccc1OCc1ccc(Br)cc1. The molecule has 0 saturated carbocycles. The fraction of sp³-hybridized carbons (Fsp3) is 0.222. The summed E-state index contributed by atoms with van der Waals surface area (Å²) in [7, 11) is 0. The molecule has 0 radical (unpaired) electrons. The van der Waals surface area contributed by atoms with Crippen LogP contribution in [-0.4, -0.2) is 24.6 Å². The van der Waals surface area contributed by atoms with E-state index in [9.17, 15) is 9.59 Å². The molecular formula is C27H27BrClN3O4. The van der Waals surface area contributed by atoms with Crippen molar-refractivity contribution in [1.82, 2.24) is 5.43 Å². The minimum Gasteiger partial charge on any atom is -0.490 e. The normalized spacial score (nSPS) is 10.8. The van der Waals surface area contributed by atoms with E-state index in [-0.39, 0.29) is 24.7 Å². The van der Waals surface area contributed by atoms with Crippen LogP contribution < -0.4 is 20.2 Å². The van der Waals surface area contributed by atoms with Gasteiger partial charge in [-0.3, -0.25) is 9.59 Å². The number of nitrogens with zero attached hydrogens (tertiary/aromatic N) is 1. The molecule has 2 amide bonds. The summed E-state index contributed by atoms with van der Waals surface area (Å²) in [4.78, 5) is 24.2. The average molecular weight is 573 g/mol. The fourth-order valence-electron chi connectivity index (χ4n) is 3.09. The van der Waals surface area contributed by atoms with Crippen molar-refractivity contribution < 1.29 is 19.1 Å². The van der Waals surface area contributed by atoms with Gasteiger partial charge >= 0.3 is 0 Å². The van der Waals surface area contributed by atoms with Gasteiger partial charge in [-0.15, -0.1) is 0 Å². The Morgan fingerprint density at radius 1 is 0.972 bits per heavy atom. The van der Waals surface area contributed by atoms with Crippen LogP contribution >= 0.6 is 27.5 Å². The number of nitrogens with one attached hydrogen (secondary N) is 2. The smallest absolute Gasteiger partial charge is 0.240 e. The largest absolute Gasteiger partial charge is 0.490 e. The maximum Gasteiger partial charge on any atom is 0.240 e. The van der Waals surface area contributed by atoms with Gasteiger partial charge < -0.3 is 14.8 Å². The molecule has 0 aliphatic rings.